The van der Waals surface area contributed by atoms with E-state index in [2.05, 4.69) is 22.1 Å². The van der Waals surface area contributed by atoms with Gasteiger partial charge in [0, 0.05) is 18.8 Å². The molecular weight excluding hydrogens is 308 g/mol. The summed E-state index contributed by atoms with van der Waals surface area (Å²) in [6.07, 6.45) is 1.76. The first-order chi connectivity index (χ1) is 9.24. The van der Waals surface area contributed by atoms with Crippen LogP contribution < -0.4 is 4.90 Å². The summed E-state index contributed by atoms with van der Waals surface area (Å²) < 4.78 is 11.5. The van der Waals surface area contributed by atoms with Crippen molar-refractivity contribution in [2.24, 2.45) is 0 Å². The lowest BCUT2D eigenvalue weighted by Gasteiger charge is -2.40. The molecule has 1 heterocycles. The number of hydrogen-bond acceptors (Lipinski definition) is 4. The Morgan fingerprint density at radius 3 is 2.58 bits per heavy atom. The third kappa shape index (κ3) is 2.62. The van der Waals surface area contributed by atoms with E-state index in [0.29, 0.717) is 13.2 Å². The molecule has 0 spiro atoms. The molecule has 3 unspecified atom stereocenters. The Balaban J connectivity index is 2.46. The van der Waals surface area contributed by atoms with Crippen molar-refractivity contribution in [3.8, 4) is 6.19 Å². The van der Waals surface area contributed by atoms with Gasteiger partial charge in [-0.25, -0.2) is 0 Å². The number of hydrogen-bond donors (Lipinski definition) is 0. The van der Waals surface area contributed by atoms with Crippen molar-refractivity contribution in [2.45, 2.75) is 31.0 Å². The summed E-state index contributed by atoms with van der Waals surface area (Å²) in [5, 5.41) is 9.40. The van der Waals surface area contributed by atoms with E-state index in [1.54, 1.807) is 4.90 Å². The number of ether oxygens (including phenoxy) is 2. The normalized spacial score (nSPS) is 25.8. The van der Waals surface area contributed by atoms with Crippen molar-refractivity contribution in [3.63, 3.8) is 0 Å². The Morgan fingerprint density at radius 2 is 1.95 bits per heavy atom. The second kappa shape index (κ2) is 6.38. The van der Waals surface area contributed by atoms with Crippen molar-refractivity contribution >= 4 is 21.6 Å². The summed E-state index contributed by atoms with van der Waals surface area (Å²) in [6.45, 7) is 5.05. The second-order valence-electron chi connectivity index (χ2n) is 4.20. The Hall–Kier alpha value is -1.09. The molecule has 0 aliphatic carbocycles. The molecule has 0 saturated heterocycles. The first-order valence-corrected chi connectivity index (χ1v) is 7.31. The smallest absolute Gasteiger partial charge is 0.186 e. The standard InChI is InChI=1S/C14H17BrN2O2/c1-3-18-13-10-7-5-6-8-11(10)17(9-16)14(12(13)15)19-4-2/h5-8,12-14H,3-4H2,1-2H3. The highest BCUT2D eigenvalue weighted by Crippen LogP contribution is 2.42. The van der Waals surface area contributed by atoms with Gasteiger partial charge in [-0.3, -0.25) is 4.90 Å². The van der Waals surface area contributed by atoms with Crippen LogP contribution in [0.3, 0.4) is 0 Å². The average Bonchev–Trinajstić information content (AvgIpc) is 2.44. The Bertz CT molecular complexity index is 475. The van der Waals surface area contributed by atoms with E-state index in [1.165, 1.54) is 0 Å². The number of fused-ring (bicyclic) bond motifs is 1. The minimum Gasteiger partial charge on any atom is -0.372 e. The van der Waals surface area contributed by atoms with Crippen LogP contribution >= 0.6 is 15.9 Å². The second-order valence-corrected chi connectivity index (χ2v) is 5.25. The Labute approximate surface area is 122 Å². The zero-order chi connectivity index (χ0) is 13.8. The van der Waals surface area contributed by atoms with Crippen LogP contribution in [0.25, 0.3) is 0 Å². The van der Waals surface area contributed by atoms with Crippen LogP contribution in [0.15, 0.2) is 24.3 Å². The number of alkyl halides is 1. The van der Waals surface area contributed by atoms with E-state index in [0.717, 1.165) is 11.3 Å². The molecule has 2 rings (SSSR count). The van der Waals surface area contributed by atoms with Gasteiger partial charge in [-0.2, -0.15) is 5.26 Å². The first-order valence-electron chi connectivity index (χ1n) is 6.39. The van der Waals surface area contributed by atoms with Crippen molar-refractivity contribution in [1.82, 2.24) is 0 Å². The van der Waals surface area contributed by atoms with Gasteiger partial charge in [0.1, 0.15) is 6.10 Å². The van der Waals surface area contributed by atoms with Crippen molar-refractivity contribution in [3.05, 3.63) is 29.8 Å². The van der Waals surface area contributed by atoms with Gasteiger partial charge in [0.15, 0.2) is 12.4 Å². The molecule has 5 heteroatoms. The van der Waals surface area contributed by atoms with Crippen LogP contribution in [0.1, 0.15) is 25.5 Å². The predicted octanol–water partition coefficient (Wildman–Crippen LogP) is 3.19. The van der Waals surface area contributed by atoms with E-state index in [9.17, 15) is 5.26 Å². The molecule has 1 aliphatic rings. The zero-order valence-electron chi connectivity index (χ0n) is 11.0. The molecule has 0 saturated carbocycles. The van der Waals surface area contributed by atoms with Crippen molar-refractivity contribution < 1.29 is 9.47 Å². The zero-order valence-corrected chi connectivity index (χ0v) is 12.6. The maximum Gasteiger partial charge on any atom is 0.186 e. The van der Waals surface area contributed by atoms with Gasteiger partial charge in [0.2, 0.25) is 0 Å². The fraction of sp³-hybridized carbons (Fsp3) is 0.500. The number of nitriles is 1. The highest BCUT2D eigenvalue weighted by molar-refractivity contribution is 9.09. The molecule has 1 aliphatic heterocycles. The molecule has 0 aromatic heterocycles. The van der Waals surface area contributed by atoms with Crippen LogP contribution in [0, 0.1) is 11.5 Å². The number of benzene rings is 1. The summed E-state index contributed by atoms with van der Waals surface area (Å²) in [7, 11) is 0. The quantitative estimate of drug-likeness (QED) is 0.630. The molecule has 1 aromatic carbocycles. The molecular formula is C14H17BrN2O2. The summed E-state index contributed by atoms with van der Waals surface area (Å²) >= 11 is 3.63. The molecule has 4 nitrogen and oxygen atoms in total. The van der Waals surface area contributed by atoms with Gasteiger partial charge in [-0.1, -0.05) is 34.1 Å². The van der Waals surface area contributed by atoms with Crippen molar-refractivity contribution in [1.29, 1.82) is 5.26 Å². The maximum absolute atomic E-state index is 9.40. The lowest BCUT2D eigenvalue weighted by Crippen LogP contribution is -2.47. The molecule has 0 radical (unpaired) electrons. The summed E-state index contributed by atoms with van der Waals surface area (Å²) in [5.41, 5.74) is 1.88. The van der Waals surface area contributed by atoms with E-state index in [1.807, 2.05) is 38.1 Å². The number of halogens is 1. The highest BCUT2D eigenvalue weighted by atomic mass is 79.9. The molecule has 19 heavy (non-hydrogen) atoms. The highest BCUT2D eigenvalue weighted by Gasteiger charge is 2.41. The van der Waals surface area contributed by atoms with Gasteiger partial charge in [-0.05, 0) is 19.9 Å². The minimum atomic E-state index is -0.346. The van der Waals surface area contributed by atoms with E-state index in [4.69, 9.17) is 9.47 Å². The van der Waals surface area contributed by atoms with Gasteiger partial charge in [0.25, 0.3) is 0 Å². The van der Waals surface area contributed by atoms with Crippen LogP contribution in [-0.2, 0) is 9.47 Å². The number of rotatable bonds is 4. The molecule has 3 atom stereocenters. The monoisotopic (exact) mass is 324 g/mol. The van der Waals surface area contributed by atoms with Crippen LogP contribution in [0.2, 0.25) is 0 Å². The largest absolute Gasteiger partial charge is 0.372 e. The number of anilines is 1. The van der Waals surface area contributed by atoms with Gasteiger partial charge in [0.05, 0.1) is 10.5 Å². The molecule has 0 amide bonds. The molecule has 0 bridgehead atoms. The van der Waals surface area contributed by atoms with Crippen LogP contribution in [0.5, 0.6) is 0 Å². The van der Waals surface area contributed by atoms with Gasteiger partial charge < -0.3 is 9.47 Å². The topological polar surface area (TPSA) is 45.5 Å². The van der Waals surface area contributed by atoms with E-state index >= 15 is 0 Å². The molecule has 0 N–H and O–H groups in total. The van der Waals surface area contributed by atoms with Gasteiger partial charge in [-0.15, -0.1) is 0 Å². The maximum atomic E-state index is 9.40. The lowest BCUT2D eigenvalue weighted by molar-refractivity contribution is -0.00677. The lowest BCUT2D eigenvalue weighted by atomic mass is 9.97. The van der Waals surface area contributed by atoms with Crippen LogP contribution in [0.4, 0.5) is 5.69 Å². The van der Waals surface area contributed by atoms with E-state index < -0.39 is 0 Å². The Morgan fingerprint density at radius 1 is 1.26 bits per heavy atom. The minimum absolute atomic E-state index is 0.0815. The van der Waals surface area contributed by atoms with Crippen LogP contribution in [-0.4, -0.2) is 24.3 Å². The summed E-state index contributed by atoms with van der Waals surface area (Å²) in [6, 6.07) is 7.80. The van der Waals surface area contributed by atoms with Gasteiger partial charge >= 0.3 is 0 Å². The number of nitrogens with zero attached hydrogens (tertiary/aromatic N) is 2. The Kier molecular flexibility index (Phi) is 4.81. The fourth-order valence-electron chi connectivity index (χ4n) is 2.36. The van der Waals surface area contributed by atoms with E-state index in [-0.39, 0.29) is 17.2 Å². The molecule has 102 valence electrons. The third-order valence-electron chi connectivity index (χ3n) is 3.11. The fourth-order valence-corrected chi connectivity index (χ4v) is 3.18. The first kappa shape index (κ1) is 14.3. The summed E-state index contributed by atoms with van der Waals surface area (Å²) in [4.78, 5) is 1.52. The molecule has 0 fully saturated rings. The molecule has 1 aromatic rings. The summed E-state index contributed by atoms with van der Waals surface area (Å²) in [5.74, 6) is 0. The predicted molar refractivity (Wildman–Crippen MR) is 77.0 cm³/mol. The number of para-hydroxylation sites is 1. The SMILES string of the molecule is CCOC1c2ccccc2N(C#N)C(OCC)C1Br. The third-order valence-corrected chi connectivity index (χ3v) is 4.04. The van der Waals surface area contributed by atoms with Crippen molar-refractivity contribution in [2.75, 3.05) is 18.1 Å². The average molecular weight is 325 g/mol.